The van der Waals surface area contributed by atoms with Crippen LogP contribution < -0.4 is 4.74 Å². The SMILES string of the molecule is C#CCOc1[c]cccc1-c1ccc(F)cc1F. The molecule has 0 heterocycles. The molecule has 0 N–H and O–H groups in total. The molecule has 0 aliphatic carbocycles. The van der Waals surface area contributed by atoms with Crippen LogP contribution in [-0.2, 0) is 0 Å². The highest BCUT2D eigenvalue weighted by Crippen LogP contribution is 2.31. The van der Waals surface area contributed by atoms with Crippen LogP contribution in [0.1, 0.15) is 0 Å². The standard InChI is InChI=1S/C15H9F2O/c1-2-9-18-15-6-4-3-5-13(15)12-8-7-11(16)10-14(12)17/h1,3-5,7-8,10H,9H2. The third kappa shape index (κ3) is 2.49. The second-order valence-corrected chi connectivity index (χ2v) is 3.53. The molecule has 1 radical (unpaired) electrons. The van der Waals surface area contributed by atoms with Crippen molar-refractivity contribution in [3.63, 3.8) is 0 Å². The fourth-order valence-corrected chi connectivity index (χ4v) is 1.57. The maximum absolute atomic E-state index is 13.7. The molecule has 0 unspecified atom stereocenters. The topological polar surface area (TPSA) is 9.23 Å². The Bertz CT molecular complexity index is 600. The minimum Gasteiger partial charge on any atom is -0.480 e. The molecule has 0 amide bonds. The van der Waals surface area contributed by atoms with Gasteiger partial charge in [0.2, 0.25) is 0 Å². The zero-order valence-corrected chi connectivity index (χ0v) is 9.41. The van der Waals surface area contributed by atoms with Crippen LogP contribution >= 0.6 is 0 Å². The van der Waals surface area contributed by atoms with E-state index in [1.54, 1.807) is 18.2 Å². The number of rotatable bonds is 3. The Labute approximate surface area is 104 Å². The van der Waals surface area contributed by atoms with Crippen molar-refractivity contribution in [3.05, 3.63) is 54.1 Å². The van der Waals surface area contributed by atoms with Gasteiger partial charge in [-0.2, -0.15) is 0 Å². The third-order valence-electron chi connectivity index (χ3n) is 2.34. The van der Waals surface area contributed by atoms with Crippen LogP contribution in [0.5, 0.6) is 5.75 Å². The van der Waals surface area contributed by atoms with Crippen molar-refractivity contribution in [2.24, 2.45) is 0 Å². The smallest absolute Gasteiger partial charge is 0.148 e. The Hall–Kier alpha value is -2.34. The zero-order valence-electron chi connectivity index (χ0n) is 9.41. The first-order valence-corrected chi connectivity index (χ1v) is 5.25. The van der Waals surface area contributed by atoms with Gasteiger partial charge in [0.25, 0.3) is 0 Å². The van der Waals surface area contributed by atoms with Crippen LogP contribution in [0.3, 0.4) is 0 Å². The minimum atomic E-state index is -0.653. The van der Waals surface area contributed by atoms with Crippen molar-refractivity contribution in [1.29, 1.82) is 0 Å². The summed E-state index contributed by atoms with van der Waals surface area (Å²) in [7, 11) is 0. The second-order valence-electron chi connectivity index (χ2n) is 3.53. The number of ether oxygens (including phenoxy) is 1. The van der Waals surface area contributed by atoms with E-state index in [-0.39, 0.29) is 12.2 Å². The summed E-state index contributed by atoms with van der Waals surface area (Å²) >= 11 is 0. The van der Waals surface area contributed by atoms with Gasteiger partial charge in [0.15, 0.2) is 0 Å². The van der Waals surface area contributed by atoms with Gasteiger partial charge in [-0.1, -0.05) is 24.1 Å². The Kier molecular flexibility index (Phi) is 3.59. The number of hydrogen-bond donors (Lipinski definition) is 0. The highest BCUT2D eigenvalue weighted by molar-refractivity contribution is 5.70. The van der Waals surface area contributed by atoms with E-state index in [1.165, 1.54) is 12.1 Å². The summed E-state index contributed by atoms with van der Waals surface area (Å²) in [6.45, 7) is 0.0658. The lowest BCUT2D eigenvalue weighted by molar-refractivity contribution is 0.371. The van der Waals surface area contributed by atoms with E-state index in [2.05, 4.69) is 12.0 Å². The lowest BCUT2D eigenvalue weighted by Crippen LogP contribution is -1.97. The van der Waals surface area contributed by atoms with Crippen molar-refractivity contribution in [2.75, 3.05) is 6.61 Å². The molecule has 2 aromatic rings. The summed E-state index contributed by atoms with van der Waals surface area (Å²) in [4.78, 5) is 0. The fraction of sp³-hybridized carbons (Fsp3) is 0.0667. The molecule has 0 aliphatic heterocycles. The highest BCUT2D eigenvalue weighted by Gasteiger charge is 2.11. The molecule has 0 atom stereocenters. The summed E-state index contributed by atoms with van der Waals surface area (Å²) in [5.41, 5.74) is 0.741. The van der Waals surface area contributed by atoms with Crippen LogP contribution in [-0.4, -0.2) is 6.61 Å². The number of terminal acetylenes is 1. The molecular weight excluding hydrogens is 234 g/mol. The van der Waals surface area contributed by atoms with Gasteiger partial charge in [-0.05, 0) is 12.1 Å². The van der Waals surface area contributed by atoms with Crippen molar-refractivity contribution >= 4 is 0 Å². The first-order chi connectivity index (χ1) is 8.72. The van der Waals surface area contributed by atoms with Crippen molar-refractivity contribution < 1.29 is 13.5 Å². The average molecular weight is 243 g/mol. The molecule has 3 heteroatoms. The number of benzene rings is 2. The summed E-state index contributed by atoms with van der Waals surface area (Å²) in [6, 6.07) is 11.2. The Morgan fingerprint density at radius 3 is 2.78 bits per heavy atom. The van der Waals surface area contributed by atoms with Crippen molar-refractivity contribution in [3.8, 4) is 29.2 Å². The monoisotopic (exact) mass is 243 g/mol. The van der Waals surface area contributed by atoms with Gasteiger partial charge < -0.3 is 4.74 Å². The summed E-state index contributed by atoms with van der Waals surface area (Å²) in [5, 5.41) is 0. The third-order valence-corrected chi connectivity index (χ3v) is 2.34. The van der Waals surface area contributed by atoms with E-state index < -0.39 is 11.6 Å². The molecule has 2 aromatic carbocycles. The molecule has 89 valence electrons. The highest BCUT2D eigenvalue weighted by atomic mass is 19.1. The molecule has 0 bridgehead atoms. The quantitative estimate of drug-likeness (QED) is 0.750. The van der Waals surface area contributed by atoms with Crippen LogP contribution in [0, 0.1) is 30.0 Å². The zero-order chi connectivity index (χ0) is 13.0. The van der Waals surface area contributed by atoms with Crippen LogP contribution in [0.15, 0.2) is 36.4 Å². The normalized spacial score (nSPS) is 9.83. The van der Waals surface area contributed by atoms with Gasteiger partial charge in [0.05, 0.1) is 0 Å². The van der Waals surface area contributed by atoms with E-state index in [9.17, 15) is 8.78 Å². The lowest BCUT2D eigenvalue weighted by atomic mass is 10.0. The van der Waals surface area contributed by atoms with Crippen molar-refractivity contribution in [2.45, 2.75) is 0 Å². The minimum absolute atomic E-state index is 0.0658. The van der Waals surface area contributed by atoms with Crippen LogP contribution in [0.4, 0.5) is 8.78 Å². The average Bonchev–Trinajstić information content (AvgIpc) is 2.37. The number of hydrogen-bond acceptors (Lipinski definition) is 1. The van der Waals surface area contributed by atoms with Gasteiger partial charge in [-0.15, -0.1) is 6.42 Å². The van der Waals surface area contributed by atoms with E-state index >= 15 is 0 Å². The fourth-order valence-electron chi connectivity index (χ4n) is 1.57. The molecule has 0 saturated heterocycles. The molecule has 2 rings (SSSR count). The predicted octanol–water partition coefficient (Wildman–Crippen LogP) is 3.44. The summed E-state index contributed by atoms with van der Waals surface area (Å²) in [6.07, 6.45) is 5.10. The molecular formula is C15H9F2O. The van der Waals surface area contributed by atoms with Gasteiger partial charge in [-0.3, -0.25) is 0 Å². The van der Waals surface area contributed by atoms with Crippen LogP contribution in [0.2, 0.25) is 0 Å². The summed E-state index contributed by atoms with van der Waals surface area (Å²) in [5.74, 6) is 1.40. The Morgan fingerprint density at radius 2 is 2.06 bits per heavy atom. The molecule has 0 aliphatic rings. The first-order valence-electron chi connectivity index (χ1n) is 5.25. The van der Waals surface area contributed by atoms with Crippen LogP contribution in [0.25, 0.3) is 11.1 Å². The Balaban J connectivity index is 2.47. The second kappa shape index (κ2) is 5.33. The first kappa shape index (κ1) is 12.1. The summed E-state index contributed by atoms with van der Waals surface area (Å²) < 4.78 is 31.8. The largest absolute Gasteiger partial charge is 0.480 e. The van der Waals surface area contributed by atoms with E-state index in [0.29, 0.717) is 11.3 Å². The molecule has 0 fully saturated rings. The van der Waals surface area contributed by atoms with E-state index in [4.69, 9.17) is 11.2 Å². The van der Waals surface area contributed by atoms with Gasteiger partial charge >= 0.3 is 0 Å². The molecule has 1 nitrogen and oxygen atoms in total. The van der Waals surface area contributed by atoms with E-state index in [1.807, 2.05) is 0 Å². The van der Waals surface area contributed by atoms with Gasteiger partial charge in [0, 0.05) is 23.3 Å². The molecule has 0 aromatic heterocycles. The maximum Gasteiger partial charge on any atom is 0.148 e. The van der Waals surface area contributed by atoms with Gasteiger partial charge in [-0.25, -0.2) is 8.78 Å². The molecule has 0 spiro atoms. The van der Waals surface area contributed by atoms with E-state index in [0.717, 1.165) is 6.07 Å². The van der Waals surface area contributed by atoms with Gasteiger partial charge in [0.1, 0.15) is 24.0 Å². The number of halogens is 2. The van der Waals surface area contributed by atoms with Crippen molar-refractivity contribution in [1.82, 2.24) is 0 Å². The maximum atomic E-state index is 13.7. The number of para-hydroxylation sites is 1. The molecule has 18 heavy (non-hydrogen) atoms. The Morgan fingerprint density at radius 1 is 1.22 bits per heavy atom. The predicted molar refractivity (Wildman–Crippen MR) is 65.0 cm³/mol. The lowest BCUT2D eigenvalue weighted by Gasteiger charge is -2.10. The molecule has 0 saturated carbocycles.